The third kappa shape index (κ3) is 3.18. The summed E-state index contributed by atoms with van der Waals surface area (Å²) in [6.07, 6.45) is 0.0645. The number of ether oxygens (including phenoxy) is 1. The lowest BCUT2D eigenvalue weighted by atomic mass is 10.2. The summed E-state index contributed by atoms with van der Waals surface area (Å²) in [6.45, 7) is 0. The summed E-state index contributed by atoms with van der Waals surface area (Å²) < 4.78 is 5.09. The SMILES string of the molecule is COc1ccc(N[C@H]2CC(=O)N(c3cccc(Cl)c3)C2=O)cc1Cl. The highest BCUT2D eigenvalue weighted by atomic mass is 35.5. The van der Waals surface area contributed by atoms with Gasteiger partial charge < -0.3 is 10.1 Å². The Morgan fingerprint density at radius 2 is 1.96 bits per heavy atom. The zero-order chi connectivity index (χ0) is 17.3. The lowest BCUT2D eigenvalue weighted by molar-refractivity contribution is -0.121. The van der Waals surface area contributed by atoms with Gasteiger partial charge in [-0.25, -0.2) is 4.90 Å². The second-order valence-electron chi connectivity index (χ2n) is 5.30. The first-order valence-corrected chi connectivity index (χ1v) is 7.97. The number of imide groups is 1. The quantitative estimate of drug-likeness (QED) is 0.839. The van der Waals surface area contributed by atoms with E-state index in [0.29, 0.717) is 27.2 Å². The summed E-state index contributed by atoms with van der Waals surface area (Å²) in [4.78, 5) is 26.0. The topological polar surface area (TPSA) is 58.6 Å². The lowest BCUT2D eigenvalue weighted by Gasteiger charge is -2.16. The second kappa shape index (κ2) is 6.71. The van der Waals surface area contributed by atoms with Crippen molar-refractivity contribution < 1.29 is 14.3 Å². The smallest absolute Gasteiger partial charge is 0.256 e. The number of rotatable bonds is 4. The third-order valence-corrected chi connectivity index (χ3v) is 4.24. The van der Waals surface area contributed by atoms with Crippen molar-refractivity contribution in [3.05, 3.63) is 52.5 Å². The second-order valence-corrected chi connectivity index (χ2v) is 6.14. The van der Waals surface area contributed by atoms with Gasteiger partial charge in [-0.3, -0.25) is 9.59 Å². The van der Waals surface area contributed by atoms with Gasteiger partial charge in [0.2, 0.25) is 5.91 Å². The zero-order valence-corrected chi connectivity index (χ0v) is 14.3. The molecule has 24 heavy (non-hydrogen) atoms. The lowest BCUT2D eigenvalue weighted by Crippen LogP contribution is -2.34. The first-order valence-electron chi connectivity index (χ1n) is 7.22. The van der Waals surface area contributed by atoms with Crippen molar-refractivity contribution in [2.24, 2.45) is 0 Å². The monoisotopic (exact) mass is 364 g/mol. The van der Waals surface area contributed by atoms with E-state index in [9.17, 15) is 9.59 Å². The number of nitrogens with zero attached hydrogens (tertiary/aromatic N) is 1. The maximum absolute atomic E-state index is 12.6. The molecule has 0 aromatic heterocycles. The molecule has 3 rings (SSSR count). The van der Waals surface area contributed by atoms with Gasteiger partial charge in [-0.1, -0.05) is 29.3 Å². The van der Waals surface area contributed by atoms with E-state index in [4.69, 9.17) is 27.9 Å². The van der Waals surface area contributed by atoms with E-state index in [0.717, 1.165) is 4.90 Å². The molecule has 0 radical (unpaired) electrons. The fourth-order valence-corrected chi connectivity index (χ4v) is 3.03. The molecule has 0 bridgehead atoms. The van der Waals surface area contributed by atoms with Gasteiger partial charge >= 0.3 is 0 Å². The molecule has 2 aromatic rings. The molecule has 1 saturated heterocycles. The number of nitrogens with one attached hydrogen (secondary N) is 1. The molecule has 7 heteroatoms. The van der Waals surface area contributed by atoms with Crippen molar-refractivity contribution in [2.45, 2.75) is 12.5 Å². The Balaban J connectivity index is 1.80. The van der Waals surface area contributed by atoms with Crippen molar-refractivity contribution in [2.75, 3.05) is 17.3 Å². The summed E-state index contributed by atoms with van der Waals surface area (Å²) >= 11 is 12.0. The Labute approximate surface area is 149 Å². The largest absolute Gasteiger partial charge is 0.495 e. The van der Waals surface area contributed by atoms with Crippen molar-refractivity contribution in [3.8, 4) is 5.75 Å². The molecule has 0 aliphatic carbocycles. The highest BCUT2D eigenvalue weighted by Crippen LogP contribution is 2.30. The predicted octanol–water partition coefficient (Wildman–Crippen LogP) is 3.75. The average molecular weight is 365 g/mol. The normalized spacial score (nSPS) is 17.3. The summed E-state index contributed by atoms with van der Waals surface area (Å²) in [5.74, 6) is -0.0647. The van der Waals surface area contributed by atoms with Crippen LogP contribution < -0.4 is 15.0 Å². The highest BCUT2D eigenvalue weighted by Gasteiger charge is 2.39. The van der Waals surface area contributed by atoms with Gasteiger partial charge in [0.1, 0.15) is 11.8 Å². The van der Waals surface area contributed by atoms with E-state index in [1.807, 2.05) is 0 Å². The Hall–Kier alpha value is -2.24. The fraction of sp³-hybridized carbons (Fsp3) is 0.176. The minimum Gasteiger partial charge on any atom is -0.495 e. The van der Waals surface area contributed by atoms with Crippen molar-refractivity contribution in [1.82, 2.24) is 0 Å². The molecule has 0 saturated carbocycles. The van der Waals surface area contributed by atoms with Crippen LogP contribution in [0.4, 0.5) is 11.4 Å². The van der Waals surface area contributed by atoms with Gasteiger partial charge in [-0.2, -0.15) is 0 Å². The fourth-order valence-electron chi connectivity index (χ4n) is 2.59. The van der Waals surface area contributed by atoms with Crippen LogP contribution >= 0.6 is 23.2 Å². The first kappa shape index (κ1) is 16.6. The van der Waals surface area contributed by atoms with Gasteiger partial charge in [0.25, 0.3) is 5.91 Å². The van der Waals surface area contributed by atoms with Crippen molar-refractivity contribution in [1.29, 1.82) is 0 Å². The number of amides is 2. The molecule has 0 unspecified atom stereocenters. The Morgan fingerprint density at radius 1 is 1.17 bits per heavy atom. The summed E-state index contributed by atoms with van der Waals surface area (Å²) in [6, 6.07) is 11.1. The van der Waals surface area contributed by atoms with E-state index in [2.05, 4.69) is 5.32 Å². The number of carbonyl (C=O) groups is 2. The standard InChI is InChI=1S/C17H14Cl2N2O3/c1-24-15-6-5-11(8-13(15)19)20-14-9-16(22)21(17(14)23)12-4-2-3-10(18)7-12/h2-8,14,20H,9H2,1H3/t14-/m0/s1. The Kier molecular flexibility index (Phi) is 4.64. The molecule has 5 nitrogen and oxygen atoms in total. The number of methoxy groups -OCH3 is 1. The number of hydrogen-bond donors (Lipinski definition) is 1. The Bertz CT molecular complexity index is 810. The Morgan fingerprint density at radius 3 is 2.62 bits per heavy atom. The highest BCUT2D eigenvalue weighted by molar-refractivity contribution is 6.32. The number of carbonyl (C=O) groups excluding carboxylic acids is 2. The molecule has 0 spiro atoms. The molecule has 124 valence electrons. The summed E-state index contributed by atoms with van der Waals surface area (Å²) in [7, 11) is 1.52. The molecular weight excluding hydrogens is 351 g/mol. The van der Waals surface area contributed by atoms with Gasteiger partial charge in [0.05, 0.1) is 24.2 Å². The van der Waals surface area contributed by atoms with Crippen LogP contribution in [0.25, 0.3) is 0 Å². The number of anilines is 2. The van der Waals surface area contributed by atoms with E-state index in [1.165, 1.54) is 7.11 Å². The predicted molar refractivity (Wildman–Crippen MR) is 94.0 cm³/mol. The minimum atomic E-state index is -0.652. The van der Waals surface area contributed by atoms with Crippen LogP contribution in [0.3, 0.4) is 0 Å². The van der Waals surface area contributed by atoms with E-state index in [-0.39, 0.29) is 18.2 Å². The molecule has 1 heterocycles. The van der Waals surface area contributed by atoms with Crippen LogP contribution in [0.1, 0.15) is 6.42 Å². The maximum atomic E-state index is 12.6. The van der Waals surface area contributed by atoms with Crippen LogP contribution in [-0.2, 0) is 9.59 Å². The molecule has 1 atom stereocenters. The molecular formula is C17H14Cl2N2O3. The number of hydrogen-bond acceptors (Lipinski definition) is 4. The molecule has 2 amide bonds. The van der Waals surface area contributed by atoms with Crippen LogP contribution in [0.15, 0.2) is 42.5 Å². The molecule has 2 aromatic carbocycles. The first-order chi connectivity index (χ1) is 11.5. The number of benzene rings is 2. The van der Waals surface area contributed by atoms with E-state index < -0.39 is 6.04 Å². The summed E-state index contributed by atoms with van der Waals surface area (Å²) in [5.41, 5.74) is 1.11. The van der Waals surface area contributed by atoms with Gasteiger partial charge in [-0.05, 0) is 36.4 Å². The number of halogens is 2. The van der Waals surface area contributed by atoms with Crippen LogP contribution in [0.5, 0.6) is 5.75 Å². The zero-order valence-electron chi connectivity index (χ0n) is 12.8. The minimum absolute atomic E-state index is 0.0645. The summed E-state index contributed by atoms with van der Waals surface area (Å²) in [5, 5.41) is 3.93. The van der Waals surface area contributed by atoms with E-state index in [1.54, 1.807) is 42.5 Å². The van der Waals surface area contributed by atoms with Crippen LogP contribution in [0, 0.1) is 0 Å². The molecule has 1 fully saturated rings. The van der Waals surface area contributed by atoms with Crippen molar-refractivity contribution >= 4 is 46.4 Å². The van der Waals surface area contributed by atoms with Crippen LogP contribution in [0.2, 0.25) is 10.0 Å². The molecule has 1 aliphatic rings. The van der Waals surface area contributed by atoms with Gasteiger partial charge in [0, 0.05) is 10.7 Å². The van der Waals surface area contributed by atoms with Gasteiger partial charge in [-0.15, -0.1) is 0 Å². The van der Waals surface area contributed by atoms with E-state index >= 15 is 0 Å². The van der Waals surface area contributed by atoms with Crippen LogP contribution in [-0.4, -0.2) is 25.0 Å². The third-order valence-electron chi connectivity index (χ3n) is 3.71. The average Bonchev–Trinajstić information content (AvgIpc) is 2.81. The van der Waals surface area contributed by atoms with Gasteiger partial charge in [0.15, 0.2) is 0 Å². The maximum Gasteiger partial charge on any atom is 0.256 e. The molecule has 1 aliphatic heterocycles. The molecule has 1 N–H and O–H groups in total. The van der Waals surface area contributed by atoms with Crippen molar-refractivity contribution in [3.63, 3.8) is 0 Å².